The van der Waals surface area contributed by atoms with Gasteiger partial charge in [0.1, 0.15) is 18.5 Å². The van der Waals surface area contributed by atoms with E-state index in [1.807, 2.05) is 6.07 Å². The summed E-state index contributed by atoms with van der Waals surface area (Å²) in [6.45, 7) is -0.0609. The molecule has 5 nitrogen and oxygen atoms in total. The molecule has 9 heteroatoms. The highest BCUT2D eigenvalue weighted by molar-refractivity contribution is 5.67. The molecule has 2 unspecified atom stereocenters. The number of carbonyl (C=O) groups excluding carboxylic acids is 1. The van der Waals surface area contributed by atoms with E-state index in [1.54, 1.807) is 24.3 Å². The largest absolute Gasteiger partial charge is 0.445 e. The van der Waals surface area contributed by atoms with Gasteiger partial charge in [-0.1, -0.05) is 30.3 Å². The van der Waals surface area contributed by atoms with Crippen molar-refractivity contribution in [3.05, 3.63) is 71.0 Å². The zero-order valence-corrected chi connectivity index (χ0v) is 14.6. The van der Waals surface area contributed by atoms with Gasteiger partial charge in [0.05, 0.1) is 11.7 Å². The van der Waals surface area contributed by atoms with Gasteiger partial charge in [-0.3, -0.25) is 0 Å². The summed E-state index contributed by atoms with van der Waals surface area (Å²) in [6.07, 6.45) is -8.99. The molecule has 0 aromatic heterocycles. The Kier molecular flexibility index (Phi) is 7.36. The molecule has 2 atom stereocenters. The number of alkyl carbamates (subject to hydrolysis) is 1. The van der Waals surface area contributed by atoms with E-state index < -0.39 is 41.4 Å². The van der Waals surface area contributed by atoms with Crippen molar-refractivity contribution in [2.75, 3.05) is 6.54 Å². The van der Waals surface area contributed by atoms with Gasteiger partial charge in [-0.15, -0.1) is 0 Å². The smallest absolute Gasteiger partial charge is 0.416 e. The van der Waals surface area contributed by atoms with Gasteiger partial charge >= 0.3 is 12.3 Å². The van der Waals surface area contributed by atoms with Crippen LogP contribution < -0.4 is 5.32 Å². The lowest BCUT2D eigenvalue weighted by Gasteiger charge is -2.19. The number of aliphatic hydroxyl groups is 2. The Morgan fingerprint density at radius 2 is 1.79 bits per heavy atom. The molecule has 0 spiro atoms. The quantitative estimate of drug-likeness (QED) is 0.620. The summed E-state index contributed by atoms with van der Waals surface area (Å²) in [5.74, 6) is -1.18. The van der Waals surface area contributed by atoms with E-state index in [0.717, 1.165) is 5.56 Å². The zero-order valence-electron chi connectivity index (χ0n) is 14.6. The number of carbonyl (C=O) groups is 1. The van der Waals surface area contributed by atoms with E-state index in [0.29, 0.717) is 18.2 Å². The second-order valence-electron chi connectivity index (χ2n) is 6.06. The molecule has 2 rings (SSSR count). The van der Waals surface area contributed by atoms with Crippen LogP contribution in [-0.2, 0) is 17.5 Å². The van der Waals surface area contributed by atoms with Gasteiger partial charge < -0.3 is 20.3 Å². The van der Waals surface area contributed by atoms with E-state index in [2.05, 4.69) is 5.32 Å². The summed E-state index contributed by atoms with van der Waals surface area (Å²) in [4.78, 5) is 11.6. The van der Waals surface area contributed by atoms with Gasteiger partial charge in [-0.25, -0.2) is 9.18 Å². The first-order valence-corrected chi connectivity index (χ1v) is 8.35. The van der Waals surface area contributed by atoms with Crippen molar-refractivity contribution in [2.45, 2.75) is 31.4 Å². The van der Waals surface area contributed by atoms with Crippen LogP contribution in [0, 0.1) is 5.82 Å². The molecule has 28 heavy (non-hydrogen) atoms. The number of halogens is 4. The minimum atomic E-state index is -4.79. The standard InChI is InChI=1S/C19H19F4NO4/c20-15-9-13(8-14(10-15)19(21,22)23)17(26)16(25)6-7-24-18(27)28-11-12-4-2-1-3-5-12/h1-5,8-10,16-17,25-26H,6-7,11H2,(H,24,27). The highest BCUT2D eigenvalue weighted by Crippen LogP contribution is 2.32. The maximum atomic E-state index is 13.4. The topological polar surface area (TPSA) is 78.8 Å². The Morgan fingerprint density at radius 1 is 1.11 bits per heavy atom. The first-order chi connectivity index (χ1) is 13.2. The third-order valence-electron chi connectivity index (χ3n) is 3.88. The molecule has 0 radical (unpaired) electrons. The summed E-state index contributed by atoms with van der Waals surface area (Å²) < 4.78 is 56.5. The van der Waals surface area contributed by atoms with Gasteiger partial charge in [0, 0.05) is 6.54 Å². The van der Waals surface area contributed by atoms with Crippen LogP contribution >= 0.6 is 0 Å². The Labute approximate surface area is 158 Å². The number of aliphatic hydroxyl groups excluding tert-OH is 2. The first-order valence-electron chi connectivity index (χ1n) is 8.35. The third-order valence-corrected chi connectivity index (χ3v) is 3.88. The Bertz CT molecular complexity index is 783. The number of amides is 1. The van der Waals surface area contributed by atoms with Crippen molar-refractivity contribution in [3.63, 3.8) is 0 Å². The van der Waals surface area contributed by atoms with Gasteiger partial charge in [0.25, 0.3) is 0 Å². The van der Waals surface area contributed by atoms with Gasteiger partial charge in [0.15, 0.2) is 0 Å². The summed E-state index contributed by atoms with van der Waals surface area (Å²) in [7, 11) is 0. The Hall–Kier alpha value is -2.65. The maximum absolute atomic E-state index is 13.4. The van der Waals surface area contributed by atoms with Crippen LogP contribution in [0.15, 0.2) is 48.5 Å². The minimum absolute atomic E-state index is 0.0430. The molecule has 0 saturated carbocycles. The lowest BCUT2D eigenvalue weighted by molar-refractivity contribution is -0.138. The molecule has 2 aromatic rings. The van der Waals surface area contributed by atoms with E-state index in [4.69, 9.17) is 4.74 Å². The molecule has 0 bridgehead atoms. The van der Waals surface area contributed by atoms with Crippen molar-refractivity contribution >= 4 is 6.09 Å². The number of hydrogen-bond acceptors (Lipinski definition) is 4. The minimum Gasteiger partial charge on any atom is -0.445 e. The van der Waals surface area contributed by atoms with Crippen LogP contribution in [0.1, 0.15) is 29.2 Å². The van der Waals surface area contributed by atoms with Gasteiger partial charge in [0.2, 0.25) is 0 Å². The molecule has 152 valence electrons. The Balaban J connectivity index is 1.83. The molecular formula is C19H19F4NO4. The monoisotopic (exact) mass is 401 g/mol. The van der Waals surface area contributed by atoms with E-state index >= 15 is 0 Å². The summed E-state index contributed by atoms with van der Waals surface area (Å²) in [5.41, 5.74) is -0.900. The van der Waals surface area contributed by atoms with Crippen LogP contribution in [0.25, 0.3) is 0 Å². The van der Waals surface area contributed by atoms with Crippen LogP contribution in [-0.4, -0.2) is 29.0 Å². The fraction of sp³-hybridized carbons (Fsp3) is 0.316. The fourth-order valence-electron chi connectivity index (χ4n) is 2.42. The van der Waals surface area contributed by atoms with Gasteiger partial charge in [-0.05, 0) is 35.7 Å². The summed E-state index contributed by atoms with van der Waals surface area (Å²) in [6, 6.07) is 10.5. The molecule has 0 fully saturated rings. The predicted octanol–water partition coefficient (Wildman–Crippen LogP) is 3.56. The highest BCUT2D eigenvalue weighted by Gasteiger charge is 2.32. The molecule has 0 aliphatic rings. The number of ether oxygens (including phenoxy) is 1. The van der Waals surface area contributed by atoms with Crippen LogP contribution in [0.4, 0.5) is 22.4 Å². The molecule has 2 aromatic carbocycles. The predicted molar refractivity (Wildman–Crippen MR) is 91.6 cm³/mol. The van der Waals surface area contributed by atoms with Crippen LogP contribution in [0.2, 0.25) is 0 Å². The molecule has 0 saturated heterocycles. The molecule has 3 N–H and O–H groups in total. The molecule has 1 amide bonds. The van der Waals surface area contributed by atoms with Gasteiger partial charge in [-0.2, -0.15) is 13.2 Å². The second kappa shape index (κ2) is 9.52. The van der Waals surface area contributed by atoms with Crippen molar-refractivity contribution in [1.82, 2.24) is 5.32 Å². The number of nitrogens with one attached hydrogen (secondary N) is 1. The lowest BCUT2D eigenvalue weighted by atomic mass is 9.99. The van der Waals surface area contributed by atoms with E-state index in [-0.39, 0.29) is 19.6 Å². The second-order valence-corrected chi connectivity index (χ2v) is 6.06. The average Bonchev–Trinajstić information content (AvgIpc) is 2.65. The summed E-state index contributed by atoms with van der Waals surface area (Å²) >= 11 is 0. The van der Waals surface area contributed by atoms with Crippen LogP contribution in [0.3, 0.4) is 0 Å². The number of hydrogen-bond donors (Lipinski definition) is 3. The van der Waals surface area contributed by atoms with E-state index in [1.165, 1.54) is 0 Å². The fourth-order valence-corrected chi connectivity index (χ4v) is 2.42. The normalized spacial score (nSPS) is 13.6. The van der Waals surface area contributed by atoms with Crippen molar-refractivity contribution in [2.24, 2.45) is 0 Å². The first kappa shape index (κ1) is 21.6. The van der Waals surface area contributed by atoms with Crippen LogP contribution in [0.5, 0.6) is 0 Å². The Morgan fingerprint density at radius 3 is 2.43 bits per heavy atom. The highest BCUT2D eigenvalue weighted by atomic mass is 19.4. The maximum Gasteiger partial charge on any atom is 0.416 e. The summed E-state index contributed by atoms with van der Waals surface area (Å²) in [5, 5.41) is 22.3. The SMILES string of the molecule is O=C(NCCC(O)C(O)c1cc(F)cc(C(F)(F)F)c1)OCc1ccccc1. The molecular weight excluding hydrogens is 382 g/mol. The van der Waals surface area contributed by atoms with Crippen molar-refractivity contribution in [3.8, 4) is 0 Å². The molecule has 0 aliphatic carbocycles. The third kappa shape index (κ3) is 6.50. The number of alkyl halides is 3. The van der Waals surface area contributed by atoms with Crippen molar-refractivity contribution < 1.29 is 37.3 Å². The lowest BCUT2D eigenvalue weighted by Crippen LogP contribution is -2.30. The zero-order chi connectivity index (χ0) is 20.7. The average molecular weight is 401 g/mol. The van der Waals surface area contributed by atoms with Crippen molar-refractivity contribution in [1.29, 1.82) is 0 Å². The molecule has 0 heterocycles. The van der Waals surface area contributed by atoms with E-state index in [9.17, 15) is 32.6 Å². The number of benzene rings is 2. The number of rotatable bonds is 7. The molecule has 0 aliphatic heterocycles.